The number of hydrogen-bond acceptors (Lipinski definition) is 5. The van der Waals surface area contributed by atoms with Gasteiger partial charge in [0.2, 0.25) is 0 Å². The Hall–Kier alpha value is -1.18. The molecule has 1 unspecified atom stereocenters. The molecular weight excluding hydrogens is 192 g/mol. The van der Waals surface area contributed by atoms with Crippen molar-refractivity contribution in [2.75, 3.05) is 6.54 Å². The Morgan fingerprint density at radius 1 is 1.14 bits per heavy atom. The van der Waals surface area contributed by atoms with Crippen molar-refractivity contribution in [3.63, 3.8) is 0 Å². The molecule has 0 amide bonds. The first kappa shape index (κ1) is 15.3. The minimum atomic E-state index is -1.08. The highest BCUT2D eigenvalue weighted by molar-refractivity contribution is 5.75. The Labute approximate surface area is 81.3 Å². The average molecular weight is 208 g/mol. The Morgan fingerprint density at radius 3 is 1.57 bits per heavy atom. The second kappa shape index (κ2) is 9.90. The molecule has 0 aromatic rings. The topological polar surface area (TPSA) is 147 Å². The quantitative estimate of drug-likeness (QED) is 0.347. The van der Waals surface area contributed by atoms with E-state index in [1.54, 1.807) is 0 Å². The van der Waals surface area contributed by atoms with Crippen LogP contribution < -0.4 is 11.5 Å². The van der Waals surface area contributed by atoms with Gasteiger partial charge in [0, 0.05) is 0 Å². The monoisotopic (exact) mass is 208 g/mol. The number of rotatable bonds is 5. The standard InChI is InChI=1S/C4H6O4.C3H10N2O/c5-3(6)1-2-4(7)8;4-2-1-3(5)6/h1-2H2,(H,5,6)(H,7,8);3,6H,1-2,4-5H2. The maximum atomic E-state index is 9.64. The van der Waals surface area contributed by atoms with Crippen LogP contribution in [0.1, 0.15) is 19.3 Å². The zero-order chi connectivity index (χ0) is 11.6. The molecule has 1 atom stereocenters. The van der Waals surface area contributed by atoms with Crippen LogP contribution in [0.4, 0.5) is 0 Å². The van der Waals surface area contributed by atoms with Crippen LogP contribution in [-0.4, -0.2) is 40.0 Å². The summed E-state index contributed by atoms with van der Waals surface area (Å²) in [4.78, 5) is 19.3. The molecule has 0 aliphatic rings. The van der Waals surface area contributed by atoms with E-state index in [2.05, 4.69) is 0 Å². The fourth-order valence-corrected chi connectivity index (χ4v) is 0.385. The van der Waals surface area contributed by atoms with Gasteiger partial charge in [-0.05, 0) is 13.0 Å². The molecule has 0 radical (unpaired) electrons. The molecule has 84 valence electrons. The Balaban J connectivity index is 0. The number of aliphatic hydroxyl groups excluding tert-OH is 1. The van der Waals surface area contributed by atoms with Gasteiger partial charge in [0.1, 0.15) is 6.23 Å². The summed E-state index contributed by atoms with van der Waals surface area (Å²) in [7, 11) is 0. The van der Waals surface area contributed by atoms with E-state index in [1.807, 2.05) is 0 Å². The number of hydrogen-bond donors (Lipinski definition) is 5. The van der Waals surface area contributed by atoms with E-state index in [0.29, 0.717) is 13.0 Å². The first-order valence-electron chi connectivity index (χ1n) is 3.97. The van der Waals surface area contributed by atoms with Crippen LogP contribution in [0.15, 0.2) is 0 Å². The number of aliphatic carboxylic acids is 2. The van der Waals surface area contributed by atoms with Crippen LogP contribution in [0.2, 0.25) is 0 Å². The van der Waals surface area contributed by atoms with Gasteiger partial charge in [-0.1, -0.05) is 0 Å². The number of aliphatic hydroxyl groups is 1. The van der Waals surface area contributed by atoms with Crippen molar-refractivity contribution in [2.24, 2.45) is 11.5 Å². The van der Waals surface area contributed by atoms with E-state index in [1.165, 1.54) is 0 Å². The third-order valence-corrected chi connectivity index (χ3v) is 1.02. The molecule has 0 fully saturated rings. The van der Waals surface area contributed by atoms with Crippen LogP contribution >= 0.6 is 0 Å². The van der Waals surface area contributed by atoms with Crippen molar-refractivity contribution in [2.45, 2.75) is 25.5 Å². The molecule has 14 heavy (non-hydrogen) atoms. The second-order valence-electron chi connectivity index (χ2n) is 2.43. The van der Waals surface area contributed by atoms with E-state index >= 15 is 0 Å². The van der Waals surface area contributed by atoms with Crippen molar-refractivity contribution in [3.05, 3.63) is 0 Å². The van der Waals surface area contributed by atoms with Crippen molar-refractivity contribution >= 4 is 11.9 Å². The number of nitrogens with two attached hydrogens (primary N) is 2. The molecule has 7 nitrogen and oxygen atoms in total. The first-order valence-corrected chi connectivity index (χ1v) is 3.97. The van der Waals surface area contributed by atoms with Gasteiger partial charge in [0.05, 0.1) is 12.8 Å². The van der Waals surface area contributed by atoms with Crippen LogP contribution in [0, 0.1) is 0 Å². The highest BCUT2D eigenvalue weighted by atomic mass is 16.4. The van der Waals surface area contributed by atoms with E-state index < -0.39 is 18.2 Å². The summed E-state index contributed by atoms with van der Waals surface area (Å²) in [5, 5.41) is 24.0. The maximum Gasteiger partial charge on any atom is 0.303 e. The van der Waals surface area contributed by atoms with Crippen molar-refractivity contribution < 1.29 is 24.9 Å². The molecule has 0 aliphatic carbocycles. The fourth-order valence-electron chi connectivity index (χ4n) is 0.385. The summed E-state index contributed by atoms with van der Waals surface area (Å²) in [6.45, 7) is 0.456. The lowest BCUT2D eigenvalue weighted by molar-refractivity contribution is -0.143. The summed E-state index contributed by atoms with van der Waals surface area (Å²) < 4.78 is 0. The SMILES string of the molecule is NCCC(N)O.O=C(O)CCC(=O)O. The molecule has 0 aromatic heterocycles. The summed E-state index contributed by atoms with van der Waals surface area (Å²) >= 11 is 0. The van der Waals surface area contributed by atoms with Gasteiger partial charge in [0.15, 0.2) is 0 Å². The number of carboxylic acids is 2. The van der Waals surface area contributed by atoms with Crippen LogP contribution in [0.5, 0.6) is 0 Å². The molecular formula is C7H16N2O5. The largest absolute Gasteiger partial charge is 0.481 e. The highest BCUT2D eigenvalue weighted by Gasteiger charge is 2.00. The molecule has 0 heterocycles. The number of carbonyl (C=O) groups is 2. The van der Waals surface area contributed by atoms with E-state index in [4.69, 9.17) is 26.8 Å². The maximum absolute atomic E-state index is 9.64. The lowest BCUT2D eigenvalue weighted by Crippen LogP contribution is -2.22. The Kier molecular flexibility index (Phi) is 10.8. The molecule has 0 saturated carbocycles. The van der Waals surface area contributed by atoms with Crippen molar-refractivity contribution in [1.82, 2.24) is 0 Å². The van der Waals surface area contributed by atoms with Gasteiger partial charge in [-0.2, -0.15) is 0 Å². The lowest BCUT2D eigenvalue weighted by atomic mass is 10.3. The summed E-state index contributed by atoms with van der Waals surface area (Å²) in [6.07, 6.45) is -0.833. The molecule has 7 heteroatoms. The molecule has 7 N–H and O–H groups in total. The first-order chi connectivity index (χ1) is 6.40. The third-order valence-electron chi connectivity index (χ3n) is 1.02. The zero-order valence-corrected chi connectivity index (χ0v) is 7.72. The van der Waals surface area contributed by atoms with E-state index in [0.717, 1.165) is 0 Å². The van der Waals surface area contributed by atoms with Gasteiger partial charge < -0.3 is 26.8 Å². The van der Waals surface area contributed by atoms with Gasteiger partial charge in [-0.3, -0.25) is 9.59 Å². The second-order valence-corrected chi connectivity index (χ2v) is 2.43. The molecule has 0 saturated heterocycles. The molecule has 0 spiro atoms. The smallest absolute Gasteiger partial charge is 0.303 e. The Bertz CT molecular complexity index is 157. The highest BCUT2D eigenvalue weighted by Crippen LogP contribution is 1.86. The van der Waals surface area contributed by atoms with Gasteiger partial charge in [-0.15, -0.1) is 0 Å². The van der Waals surface area contributed by atoms with Gasteiger partial charge in [0.25, 0.3) is 0 Å². The molecule has 0 aromatic carbocycles. The minimum Gasteiger partial charge on any atom is -0.481 e. The summed E-state index contributed by atoms with van der Waals surface area (Å²) in [5.74, 6) is -2.15. The third kappa shape index (κ3) is 22.4. The van der Waals surface area contributed by atoms with Crippen molar-refractivity contribution in [3.8, 4) is 0 Å². The fraction of sp³-hybridized carbons (Fsp3) is 0.714. The molecule has 0 bridgehead atoms. The number of carboxylic acid groups (broad SMARTS) is 2. The van der Waals surface area contributed by atoms with Gasteiger partial charge >= 0.3 is 11.9 Å². The average Bonchev–Trinajstić information content (AvgIpc) is 2.01. The Morgan fingerprint density at radius 2 is 1.50 bits per heavy atom. The van der Waals surface area contributed by atoms with Crippen LogP contribution in [-0.2, 0) is 9.59 Å². The molecule has 0 rings (SSSR count). The minimum absolute atomic E-state index is 0.296. The molecule has 0 aliphatic heterocycles. The van der Waals surface area contributed by atoms with Gasteiger partial charge in [-0.25, -0.2) is 0 Å². The van der Waals surface area contributed by atoms with E-state index in [9.17, 15) is 9.59 Å². The summed E-state index contributed by atoms with van der Waals surface area (Å²) in [5.41, 5.74) is 9.87. The zero-order valence-electron chi connectivity index (χ0n) is 7.72. The van der Waals surface area contributed by atoms with Crippen LogP contribution in [0.3, 0.4) is 0 Å². The van der Waals surface area contributed by atoms with E-state index in [-0.39, 0.29) is 12.8 Å². The van der Waals surface area contributed by atoms with Crippen LogP contribution in [0.25, 0.3) is 0 Å². The lowest BCUT2D eigenvalue weighted by Gasteiger charge is -1.96. The predicted octanol–water partition coefficient (Wildman–Crippen LogP) is -1.45. The predicted molar refractivity (Wildman–Crippen MR) is 48.4 cm³/mol. The normalized spacial score (nSPS) is 11.1. The summed E-state index contributed by atoms with van der Waals surface area (Å²) in [6, 6.07) is 0. The van der Waals surface area contributed by atoms with Crippen molar-refractivity contribution in [1.29, 1.82) is 0 Å².